The Bertz CT molecular complexity index is 456. The van der Waals surface area contributed by atoms with E-state index in [2.05, 4.69) is 55.9 Å². The predicted octanol–water partition coefficient (Wildman–Crippen LogP) is 4.05. The fourth-order valence-corrected chi connectivity index (χ4v) is 2.97. The van der Waals surface area contributed by atoms with Gasteiger partial charge in [-0.15, -0.1) is 0 Å². The highest BCUT2D eigenvalue weighted by Gasteiger charge is 2.28. The molecule has 1 unspecified atom stereocenters. The lowest BCUT2D eigenvalue weighted by atomic mass is 10.0. The molecule has 1 aliphatic rings. The first kappa shape index (κ1) is 16.1. The van der Waals surface area contributed by atoms with Crippen molar-refractivity contribution in [3.05, 3.63) is 11.9 Å². The molecule has 0 aromatic carbocycles. The third kappa shape index (κ3) is 3.86. The van der Waals surface area contributed by atoms with Crippen LogP contribution in [0.1, 0.15) is 65.6 Å². The summed E-state index contributed by atoms with van der Waals surface area (Å²) in [5.74, 6) is 4.04. The molecule has 4 heteroatoms. The van der Waals surface area contributed by atoms with E-state index in [4.69, 9.17) is 4.98 Å². The van der Waals surface area contributed by atoms with E-state index in [9.17, 15) is 0 Å². The van der Waals surface area contributed by atoms with E-state index >= 15 is 0 Å². The number of nitrogens with one attached hydrogen (secondary N) is 1. The molecule has 0 spiro atoms. The Morgan fingerprint density at radius 2 is 2.05 bits per heavy atom. The van der Waals surface area contributed by atoms with E-state index in [0.717, 1.165) is 37.0 Å². The Morgan fingerprint density at radius 1 is 1.29 bits per heavy atom. The average Bonchev–Trinajstić information content (AvgIpc) is 2.94. The van der Waals surface area contributed by atoms with E-state index in [1.54, 1.807) is 0 Å². The summed E-state index contributed by atoms with van der Waals surface area (Å²) in [5, 5.41) is 3.42. The average molecular weight is 290 g/mol. The molecule has 118 valence electrons. The van der Waals surface area contributed by atoms with Crippen molar-refractivity contribution >= 4 is 11.6 Å². The van der Waals surface area contributed by atoms with E-state index in [-0.39, 0.29) is 0 Å². The van der Waals surface area contributed by atoms with Gasteiger partial charge in [0.1, 0.15) is 17.5 Å². The molecule has 0 aliphatic carbocycles. The topological polar surface area (TPSA) is 41.0 Å². The van der Waals surface area contributed by atoms with Crippen molar-refractivity contribution in [3.63, 3.8) is 0 Å². The van der Waals surface area contributed by atoms with Crippen LogP contribution in [0.3, 0.4) is 0 Å². The minimum absolute atomic E-state index is 0.354. The maximum Gasteiger partial charge on any atom is 0.135 e. The van der Waals surface area contributed by atoms with Crippen molar-refractivity contribution in [2.24, 2.45) is 5.92 Å². The molecule has 1 aliphatic heterocycles. The second kappa shape index (κ2) is 7.10. The molecule has 2 rings (SSSR count). The molecule has 1 atom stereocenters. The van der Waals surface area contributed by atoms with Crippen molar-refractivity contribution in [1.82, 2.24) is 9.97 Å². The summed E-state index contributed by atoms with van der Waals surface area (Å²) in [6, 6.07) is 2.74. The number of hydrogen-bond donors (Lipinski definition) is 1. The van der Waals surface area contributed by atoms with Crippen LogP contribution in [0.4, 0.5) is 11.6 Å². The van der Waals surface area contributed by atoms with Crippen LogP contribution in [0.25, 0.3) is 0 Å². The predicted molar refractivity (Wildman–Crippen MR) is 90.1 cm³/mol. The largest absolute Gasteiger partial charge is 0.370 e. The minimum atomic E-state index is 0.354. The van der Waals surface area contributed by atoms with Gasteiger partial charge in [0, 0.05) is 31.1 Å². The summed E-state index contributed by atoms with van der Waals surface area (Å²) in [6.45, 7) is 13.2. The molecule has 2 heterocycles. The fourth-order valence-electron chi connectivity index (χ4n) is 2.97. The molecule has 1 aromatic heterocycles. The SMILES string of the molecule is CCCNc1cc(N2CCCC2C(C)C)nc(C(C)C)n1. The van der Waals surface area contributed by atoms with Crippen LogP contribution in [-0.4, -0.2) is 29.1 Å². The summed E-state index contributed by atoms with van der Waals surface area (Å²) in [6.07, 6.45) is 3.65. The Morgan fingerprint density at radius 3 is 2.67 bits per heavy atom. The third-order valence-corrected chi connectivity index (χ3v) is 4.17. The molecule has 1 aromatic rings. The second-order valence-electron chi connectivity index (χ2n) is 6.70. The summed E-state index contributed by atoms with van der Waals surface area (Å²) in [4.78, 5) is 12.0. The fraction of sp³-hybridized carbons (Fsp3) is 0.765. The standard InChI is InChI=1S/C17H30N4/c1-6-9-18-15-11-16(20-17(19-15)13(4)5)21-10-7-8-14(21)12(2)3/h11-14H,6-10H2,1-5H3,(H,18,19,20). The smallest absolute Gasteiger partial charge is 0.135 e. The molecule has 4 nitrogen and oxygen atoms in total. The number of nitrogens with zero attached hydrogens (tertiary/aromatic N) is 3. The molecule has 21 heavy (non-hydrogen) atoms. The van der Waals surface area contributed by atoms with E-state index in [1.807, 2.05) is 0 Å². The Kier molecular flexibility index (Phi) is 5.43. The van der Waals surface area contributed by atoms with Gasteiger partial charge in [0.05, 0.1) is 0 Å². The van der Waals surface area contributed by atoms with Crippen LogP contribution >= 0.6 is 0 Å². The number of hydrogen-bond acceptors (Lipinski definition) is 4. The molecule has 1 fully saturated rings. The Balaban J connectivity index is 2.30. The van der Waals surface area contributed by atoms with Gasteiger partial charge in [0.25, 0.3) is 0 Å². The molecule has 0 saturated carbocycles. The van der Waals surface area contributed by atoms with Crippen molar-refractivity contribution in [2.45, 2.75) is 65.8 Å². The highest BCUT2D eigenvalue weighted by Crippen LogP contribution is 2.30. The molecular formula is C17H30N4. The van der Waals surface area contributed by atoms with Gasteiger partial charge in [-0.25, -0.2) is 9.97 Å². The zero-order valence-corrected chi connectivity index (χ0v) is 14.2. The van der Waals surface area contributed by atoms with Gasteiger partial charge >= 0.3 is 0 Å². The second-order valence-corrected chi connectivity index (χ2v) is 6.70. The molecule has 0 bridgehead atoms. The first-order chi connectivity index (χ1) is 10.0. The van der Waals surface area contributed by atoms with Crippen LogP contribution in [0.2, 0.25) is 0 Å². The molecular weight excluding hydrogens is 260 g/mol. The molecule has 1 saturated heterocycles. The van der Waals surface area contributed by atoms with E-state index in [0.29, 0.717) is 17.9 Å². The van der Waals surface area contributed by atoms with Gasteiger partial charge in [0.15, 0.2) is 0 Å². The Labute approximate surface area is 129 Å². The zero-order valence-electron chi connectivity index (χ0n) is 14.2. The van der Waals surface area contributed by atoms with Crippen LogP contribution < -0.4 is 10.2 Å². The normalized spacial score (nSPS) is 18.8. The Hall–Kier alpha value is -1.32. The number of anilines is 2. The summed E-state index contributed by atoms with van der Waals surface area (Å²) in [7, 11) is 0. The summed E-state index contributed by atoms with van der Waals surface area (Å²) >= 11 is 0. The van der Waals surface area contributed by atoms with Gasteiger partial charge in [-0.1, -0.05) is 34.6 Å². The van der Waals surface area contributed by atoms with E-state index in [1.165, 1.54) is 12.8 Å². The van der Waals surface area contributed by atoms with E-state index < -0.39 is 0 Å². The summed E-state index contributed by atoms with van der Waals surface area (Å²) < 4.78 is 0. The number of rotatable bonds is 6. The number of aromatic nitrogens is 2. The van der Waals surface area contributed by atoms with Crippen molar-refractivity contribution in [1.29, 1.82) is 0 Å². The lowest BCUT2D eigenvalue weighted by molar-refractivity contribution is 0.489. The quantitative estimate of drug-likeness (QED) is 0.858. The maximum absolute atomic E-state index is 4.83. The van der Waals surface area contributed by atoms with Crippen molar-refractivity contribution in [2.75, 3.05) is 23.3 Å². The van der Waals surface area contributed by atoms with Crippen LogP contribution in [-0.2, 0) is 0 Å². The minimum Gasteiger partial charge on any atom is -0.370 e. The zero-order chi connectivity index (χ0) is 15.4. The molecule has 0 amide bonds. The van der Waals surface area contributed by atoms with Gasteiger partial charge < -0.3 is 10.2 Å². The maximum atomic E-state index is 4.83. The first-order valence-corrected chi connectivity index (χ1v) is 8.42. The van der Waals surface area contributed by atoms with Gasteiger partial charge in [-0.3, -0.25) is 0 Å². The van der Waals surface area contributed by atoms with Gasteiger partial charge in [0.2, 0.25) is 0 Å². The highest BCUT2D eigenvalue weighted by molar-refractivity contribution is 5.51. The monoisotopic (exact) mass is 290 g/mol. The lowest BCUT2D eigenvalue weighted by Crippen LogP contribution is -2.34. The molecule has 1 N–H and O–H groups in total. The van der Waals surface area contributed by atoms with Crippen LogP contribution in [0, 0.1) is 5.92 Å². The molecule has 0 radical (unpaired) electrons. The van der Waals surface area contributed by atoms with Crippen LogP contribution in [0.15, 0.2) is 6.07 Å². The third-order valence-electron chi connectivity index (χ3n) is 4.17. The van der Waals surface area contributed by atoms with Crippen LogP contribution in [0.5, 0.6) is 0 Å². The summed E-state index contributed by atoms with van der Waals surface area (Å²) in [5.41, 5.74) is 0. The van der Waals surface area contributed by atoms with Gasteiger partial charge in [-0.05, 0) is 25.2 Å². The van der Waals surface area contributed by atoms with Crippen molar-refractivity contribution in [3.8, 4) is 0 Å². The lowest BCUT2D eigenvalue weighted by Gasteiger charge is -2.29. The first-order valence-electron chi connectivity index (χ1n) is 8.42. The van der Waals surface area contributed by atoms with Gasteiger partial charge in [-0.2, -0.15) is 0 Å². The highest BCUT2D eigenvalue weighted by atomic mass is 15.2. The van der Waals surface area contributed by atoms with Crippen molar-refractivity contribution < 1.29 is 0 Å².